The third-order valence-electron chi connectivity index (χ3n) is 11.9. The molecule has 1 amide bonds. The van der Waals surface area contributed by atoms with E-state index in [4.69, 9.17) is 4.74 Å². The number of aliphatic hydroxyl groups is 2. The third kappa shape index (κ3) is 45.7. The second-order valence-corrected chi connectivity index (χ2v) is 18.0. The molecular weight excluding hydrogens is 779 g/mol. The maximum Gasteiger partial charge on any atom is 0.306 e. The number of nitrogens with one attached hydrogen (secondary N) is 1. The SMILES string of the molecule is CC/C=C/C=C/C=C/C=C\CCCCCCCC(=O)OC(CCCCCC/C=C/C=C/CCCCC)CC(=O)NC(CO)C(O)CCCCCCCCCCCCCCCCCC. The van der Waals surface area contributed by atoms with E-state index < -0.39 is 18.2 Å². The lowest BCUT2D eigenvalue weighted by Gasteiger charge is -2.24. The van der Waals surface area contributed by atoms with Crippen LogP contribution in [0.2, 0.25) is 0 Å². The van der Waals surface area contributed by atoms with E-state index in [0.717, 1.165) is 103 Å². The van der Waals surface area contributed by atoms with Crippen LogP contribution >= 0.6 is 0 Å². The summed E-state index contributed by atoms with van der Waals surface area (Å²) in [5.74, 6) is -0.521. The van der Waals surface area contributed by atoms with E-state index in [1.165, 1.54) is 103 Å². The van der Waals surface area contributed by atoms with Gasteiger partial charge in [0.05, 0.1) is 25.2 Å². The number of amides is 1. The molecule has 364 valence electrons. The van der Waals surface area contributed by atoms with Gasteiger partial charge in [-0.15, -0.1) is 0 Å². The summed E-state index contributed by atoms with van der Waals surface area (Å²) in [7, 11) is 0. The highest BCUT2D eigenvalue weighted by atomic mass is 16.5. The zero-order valence-electron chi connectivity index (χ0n) is 41.4. The molecule has 0 aliphatic carbocycles. The van der Waals surface area contributed by atoms with Gasteiger partial charge in [-0.25, -0.2) is 0 Å². The molecule has 0 fully saturated rings. The fourth-order valence-corrected chi connectivity index (χ4v) is 7.84. The lowest BCUT2D eigenvalue weighted by atomic mass is 10.0. The zero-order valence-corrected chi connectivity index (χ0v) is 41.4. The molecule has 0 saturated carbocycles. The van der Waals surface area contributed by atoms with Gasteiger partial charge < -0.3 is 20.3 Å². The van der Waals surface area contributed by atoms with E-state index in [2.05, 4.69) is 80.8 Å². The van der Waals surface area contributed by atoms with Gasteiger partial charge in [-0.3, -0.25) is 9.59 Å². The van der Waals surface area contributed by atoms with Crippen molar-refractivity contribution >= 4 is 11.9 Å². The monoisotopic (exact) mass is 880 g/mol. The zero-order chi connectivity index (χ0) is 45.9. The quantitative estimate of drug-likeness (QED) is 0.0321. The average Bonchev–Trinajstić information content (AvgIpc) is 3.28. The minimum absolute atomic E-state index is 0.0518. The van der Waals surface area contributed by atoms with Gasteiger partial charge in [-0.05, 0) is 70.6 Å². The second-order valence-electron chi connectivity index (χ2n) is 18.0. The molecule has 0 aliphatic rings. The summed E-state index contributed by atoms with van der Waals surface area (Å²) in [6.07, 6.45) is 63.9. The molecule has 0 aromatic heterocycles. The summed E-state index contributed by atoms with van der Waals surface area (Å²) in [6.45, 7) is 6.31. The average molecular weight is 880 g/mol. The molecule has 6 heteroatoms. The maximum atomic E-state index is 13.2. The van der Waals surface area contributed by atoms with Crippen molar-refractivity contribution in [3.63, 3.8) is 0 Å². The Labute approximate surface area is 390 Å². The Kier molecular flexibility index (Phi) is 48.1. The third-order valence-corrected chi connectivity index (χ3v) is 11.9. The first kappa shape index (κ1) is 60.3. The molecule has 0 heterocycles. The number of esters is 1. The number of unbranched alkanes of at least 4 members (excludes halogenated alkanes) is 27. The number of aliphatic hydroxyl groups excluding tert-OH is 2. The first-order chi connectivity index (χ1) is 31.0. The largest absolute Gasteiger partial charge is 0.462 e. The van der Waals surface area contributed by atoms with E-state index in [-0.39, 0.29) is 24.9 Å². The Morgan fingerprint density at radius 3 is 1.35 bits per heavy atom. The van der Waals surface area contributed by atoms with Crippen molar-refractivity contribution < 1.29 is 24.5 Å². The number of hydrogen-bond donors (Lipinski definition) is 3. The van der Waals surface area contributed by atoms with Gasteiger partial charge in [0.1, 0.15) is 6.10 Å². The van der Waals surface area contributed by atoms with Crippen molar-refractivity contribution in [2.24, 2.45) is 0 Å². The molecule has 0 radical (unpaired) electrons. The molecule has 0 aliphatic heterocycles. The van der Waals surface area contributed by atoms with Crippen molar-refractivity contribution in [3.8, 4) is 0 Å². The predicted molar refractivity (Wildman–Crippen MR) is 273 cm³/mol. The molecule has 0 saturated heterocycles. The van der Waals surface area contributed by atoms with Crippen molar-refractivity contribution in [1.82, 2.24) is 5.32 Å². The molecule has 3 N–H and O–H groups in total. The predicted octanol–water partition coefficient (Wildman–Crippen LogP) is 16.2. The number of ether oxygens (including phenoxy) is 1. The fourth-order valence-electron chi connectivity index (χ4n) is 7.84. The van der Waals surface area contributed by atoms with Crippen LogP contribution in [0, 0.1) is 0 Å². The molecule has 0 aromatic carbocycles. The first-order valence-electron chi connectivity index (χ1n) is 26.7. The van der Waals surface area contributed by atoms with E-state index in [9.17, 15) is 19.8 Å². The minimum Gasteiger partial charge on any atom is -0.462 e. The Morgan fingerprint density at radius 1 is 0.476 bits per heavy atom. The number of allylic oxidation sites excluding steroid dienone is 12. The lowest BCUT2D eigenvalue weighted by molar-refractivity contribution is -0.151. The summed E-state index contributed by atoms with van der Waals surface area (Å²) >= 11 is 0. The van der Waals surface area contributed by atoms with Crippen LogP contribution in [-0.4, -0.2) is 46.9 Å². The highest BCUT2D eigenvalue weighted by Gasteiger charge is 2.24. The first-order valence-corrected chi connectivity index (χ1v) is 26.7. The van der Waals surface area contributed by atoms with Crippen molar-refractivity contribution in [1.29, 1.82) is 0 Å². The number of carbonyl (C=O) groups excluding carboxylic acids is 2. The topological polar surface area (TPSA) is 95.9 Å². The van der Waals surface area contributed by atoms with Crippen LogP contribution in [0.3, 0.4) is 0 Å². The Morgan fingerprint density at radius 2 is 0.857 bits per heavy atom. The molecule has 6 nitrogen and oxygen atoms in total. The van der Waals surface area contributed by atoms with Gasteiger partial charge in [0.2, 0.25) is 5.91 Å². The van der Waals surface area contributed by atoms with Gasteiger partial charge in [-0.2, -0.15) is 0 Å². The van der Waals surface area contributed by atoms with Crippen molar-refractivity contribution in [2.75, 3.05) is 6.61 Å². The normalized spacial score (nSPS) is 13.8. The summed E-state index contributed by atoms with van der Waals surface area (Å²) in [5, 5.41) is 23.8. The number of hydrogen-bond acceptors (Lipinski definition) is 5. The summed E-state index contributed by atoms with van der Waals surface area (Å²) < 4.78 is 5.92. The highest BCUT2D eigenvalue weighted by molar-refractivity contribution is 5.77. The van der Waals surface area contributed by atoms with Crippen LogP contribution in [0.5, 0.6) is 0 Å². The second kappa shape index (κ2) is 50.3. The van der Waals surface area contributed by atoms with Crippen molar-refractivity contribution in [2.45, 2.75) is 270 Å². The van der Waals surface area contributed by atoms with Crippen molar-refractivity contribution in [3.05, 3.63) is 72.9 Å². The molecular formula is C57H101NO5. The van der Waals surface area contributed by atoms with Gasteiger partial charge in [0, 0.05) is 6.42 Å². The molecule has 0 rings (SSSR count). The summed E-state index contributed by atoms with van der Waals surface area (Å²) in [6, 6.07) is -0.716. The van der Waals surface area contributed by atoms with Crippen LogP contribution in [0.1, 0.15) is 252 Å². The number of carbonyl (C=O) groups is 2. The Balaban J connectivity index is 4.60. The summed E-state index contributed by atoms with van der Waals surface area (Å²) in [4.78, 5) is 26.2. The van der Waals surface area contributed by atoms with Crippen LogP contribution in [0.15, 0.2) is 72.9 Å². The molecule has 0 aromatic rings. The number of rotatable bonds is 47. The maximum absolute atomic E-state index is 13.2. The Hall–Kier alpha value is -2.70. The van der Waals surface area contributed by atoms with Crippen LogP contribution in [0.25, 0.3) is 0 Å². The van der Waals surface area contributed by atoms with Gasteiger partial charge in [0.15, 0.2) is 0 Å². The fraction of sp³-hybridized carbons (Fsp3) is 0.754. The highest BCUT2D eigenvalue weighted by Crippen LogP contribution is 2.18. The molecule has 0 spiro atoms. The standard InChI is InChI=1S/C57H101NO5/c1-4-7-10-13-16-19-22-25-27-29-31-34-37-40-43-46-49-55(60)54(52-59)58-56(61)51-53(48-45-42-39-36-33-30-24-21-18-15-12-9-6-3)63-57(62)50-47-44-41-38-35-32-28-26-23-20-17-14-11-8-5-2/h8,11,14,17-18,20-21,23-24,26,28,30,53-55,59-60H,4-7,9-10,12-13,15-16,19,22,25,27,29,31-52H2,1-3H3,(H,58,61)/b11-8+,17-14+,21-18+,23-20+,28-26-,30-24+. The van der Waals surface area contributed by atoms with Gasteiger partial charge >= 0.3 is 5.97 Å². The molecule has 3 atom stereocenters. The molecule has 3 unspecified atom stereocenters. The van der Waals surface area contributed by atoms with Gasteiger partial charge in [0.25, 0.3) is 0 Å². The van der Waals surface area contributed by atoms with E-state index in [1.807, 2.05) is 18.2 Å². The van der Waals surface area contributed by atoms with Gasteiger partial charge in [-0.1, -0.05) is 241 Å². The molecule has 63 heavy (non-hydrogen) atoms. The minimum atomic E-state index is -0.801. The lowest BCUT2D eigenvalue weighted by Crippen LogP contribution is -2.46. The van der Waals surface area contributed by atoms with Crippen LogP contribution < -0.4 is 5.32 Å². The summed E-state index contributed by atoms with van der Waals surface area (Å²) in [5.41, 5.74) is 0. The van der Waals surface area contributed by atoms with E-state index >= 15 is 0 Å². The smallest absolute Gasteiger partial charge is 0.306 e. The van der Waals surface area contributed by atoms with E-state index in [0.29, 0.717) is 19.3 Å². The van der Waals surface area contributed by atoms with E-state index in [1.54, 1.807) is 0 Å². The molecule has 0 bridgehead atoms. The Bertz CT molecular complexity index is 1170. The van der Waals surface area contributed by atoms with Crippen LogP contribution in [-0.2, 0) is 14.3 Å². The van der Waals surface area contributed by atoms with Crippen LogP contribution in [0.4, 0.5) is 0 Å².